The molecule has 0 aliphatic carbocycles. The van der Waals surface area contributed by atoms with Crippen molar-refractivity contribution in [3.05, 3.63) is 0 Å². The second kappa shape index (κ2) is 4.47. The van der Waals surface area contributed by atoms with Gasteiger partial charge in [-0.1, -0.05) is 15.9 Å². The van der Waals surface area contributed by atoms with E-state index >= 15 is 0 Å². The Hall–Kier alpha value is 0.657. The van der Waals surface area contributed by atoms with E-state index in [4.69, 9.17) is 4.43 Å². The summed E-state index contributed by atoms with van der Waals surface area (Å²) in [7, 11) is 0.849. The summed E-state index contributed by atoms with van der Waals surface area (Å²) in [5.74, 6) is 0. The molecule has 0 aliphatic heterocycles. The molecule has 9 heavy (non-hydrogen) atoms. The van der Waals surface area contributed by atoms with Crippen LogP contribution in [0.2, 0.25) is 0 Å². The zero-order valence-corrected chi connectivity index (χ0v) is 9.99. The molecule has 3 heteroatoms. The van der Waals surface area contributed by atoms with Crippen molar-refractivity contribution in [3.8, 4) is 0 Å². The summed E-state index contributed by atoms with van der Waals surface area (Å²) in [4.78, 5) is 0. The third kappa shape index (κ3) is 5.12. The van der Waals surface area contributed by atoms with Crippen LogP contribution in [0.5, 0.6) is 0 Å². The van der Waals surface area contributed by atoms with Crippen molar-refractivity contribution in [1.29, 1.82) is 0 Å². The van der Waals surface area contributed by atoms with Gasteiger partial charge in [0, 0.05) is 10.9 Å². The van der Waals surface area contributed by atoms with Gasteiger partial charge in [0.2, 0.25) is 0 Å². The Kier molecular flexibility index (Phi) is 4.80. The standard InChI is InChI=1S/C6H15BrOSi/c1-6(2,8-9)4-3-5-7/h3-5H2,1-2,9H3. The third-order valence-electron chi connectivity index (χ3n) is 1.47. The predicted octanol–water partition coefficient (Wildman–Crippen LogP) is 1.24. The molecule has 0 aliphatic rings. The SMILES string of the molecule is CC(C)(CCCBr)O[SiH3]. The highest BCUT2D eigenvalue weighted by Crippen LogP contribution is 2.15. The monoisotopic (exact) mass is 210 g/mol. The van der Waals surface area contributed by atoms with Gasteiger partial charge in [0.1, 0.15) is 10.5 Å². The Morgan fingerprint density at radius 3 is 2.44 bits per heavy atom. The summed E-state index contributed by atoms with van der Waals surface area (Å²) >= 11 is 3.39. The quantitative estimate of drug-likeness (QED) is 0.502. The van der Waals surface area contributed by atoms with Gasteiger partial charge in [0.05, 0.1) is 0 Å². The normalized spacial score (nSPS) is 12.3. The summed E-state index contributed by atoms with van der Waals surface area (Å²) in [6.45, 7) is 4.28. The fourth-order valence-corrected chi connectivity index (χ4v) is 1.08. The van der Waals surface area contributed by atoms with Crippen molar-refractivity contribution in [1.82, 2.24) is 0 Å². The molecule has 0 rings (SSSR count). The van der Waals surface area contributed by atoms with E-state index in [1.165, 1.54) is 6.42 Å². The first kappa shape index (κ1) is 9.66. The molecule has 0 spiro atoms. The van der Waals surface area contributed by atoms with Crippen LogP contribution in [-0.4, -0.2) is 21.4 Å². The van der Waals surface area contributed by atoms with Crippen LogP contribution in [0.15, 0.2) is 0 Å². The average Bonchev–Trinajstić information content (AvgIpc) is 1.84. The van der Waals surface area contributed by atoms with Crippen LogP contribution in [0.3, 0.4) is 0 Å². The largest absolute Gasteiger partial charge is 0.423 e. The van der Waals surface area contributed by atoms with Crippen molar-refractivity contribution in [2.45, 2.75) is 32.3 Å². The maximum Gasteiger partial charge on any atom is 0.146 e. The Morgan fingerprint density at radius 1 is 1.56 bits per heavy atom. The molecule has 0 heterocycles. The van der Waals surface area contributed by atoms with Crippen molar-refractivity contribution in [2.24, 2.45) is 0 Å². The molecule has 0 amide bonds. The molecule has 1 nitrogen and oxygen atoms in total. The summed E-state index contributed by atoms with van der Waals surface area (Å²) in [5, 5.41) is 1.08. The van der Waals surface area contributed by atoms with Gasteiger partial charge in [-0.25, -0.2) is 0 Å². The molecule has 0 bridgehead atoms. The summed E-state index contributed by atoms with van der Waals surface area (Å²) in [6.07, 6.45) is 2.36. The van der Waals surface area contributed by atoms with Crippen LogP contribution in [0.1, 0.15) is 26.7 Å². The van der Waals surface area contributed by atoms with E-state index in [0.29, 0.717) is 0 Å². The van der Waals surface area contributed by atoms with E-state index in [0.717, 1.165) is 22.2 Å². The molecule has 0 aromatic carbocycles. The Bertz CT molecular complexity index is 75.5. The summed E-state index contributed by atoms with van der Waals surface area (Å²) in [5.41, 5.74) is 0.125. The second-order valence-corrected chi connectivity index (χ2v) is 3.96. The van der Waals surface area contributed by atoms with Crippen LogP contribution in [0.4, 0.5) is 0 Å². The molecule has 0 aromatic heterocycles. The van der Waals surface area contributed by atoms with Gasteiger partial charge in [0.15, 0.2) is 0 Å². The summed E-state index contributed by atoms with van der Waals surface area (Å²) < 4.78 is 5.36. The molecular weight excluding hydrogens is 196 g/mol. The number of rotatable bonds is 4. The Labute approximate surface area is 68.8 Å². The fourth-order valence-electron chi connectivity index (χ4n) is 0.595. The van der Waals surface area contributed by atoms with Crippen LogP contribution >= 0.6 is 15.9 Å². The van der Waals surface area contributed by atoms with Crippen LogP contribution < -0.4 is 0 Å². The zero-order chi connectivity index (χ0) is 7.33. The Balaban J connectivity index is 3.33. The van der Waals surface area contributed by atoms with Crippen LogP contribution in [0.25, 0.3) is 0 Å². The van der Waals surface area contributed by atoms with Gasteiger partial charge >= 0.3 is 0 Å². The lowest BCUT2D eigenvalue weighted by Crippen LogP contribution is -2.22. The molecule has 0 saturated heterocycles. The second-order valence-electron chi connectivity index (χ2n) is 2.76. The Morgan fingerprint density at radius 2 is 2.11 bits per heavy atom. The van der Waals surface area contributed by atoms with Crippen molar-refractivity contribution >= 4 is 26.4 Å². The number of alkyl halides is 1. The van der Waals surface area contributed by atoms with E-state index < -0.39 is 0 Å². The van der Waals surface area contributed by atoms with Gasteiger partial charge in [-0.15, -0.1) is 0 Å². The van der Waals surface area contributed by atoms with E-state index in [2.05, 4.69) is 29.8 Å². The van der Waals surface area contributed by atoms with E-state index in [9.17, 15) is 0 Å². The smallest absolute Gasteiger partial charge is 0.146 e. The minimum atomic E-state index is 0.125. The first-order valence-corrected chi connectivity index (χ1v) is 5.17. The molecule has 0 aromatic rings. The molecule has 0 N–H and O–H groups in total. The highest BCUT2D eigenvalue weighted by Gasteiger charge is 2.13. The number of hydrogen-bond donors (Lipinski definition) is 0. The van der Waals surface area contributed by atoms with Gasteiger partial charge < -0.3 is 4.43 Å². The van der Waals surface area contributed by atoms with Crippen LogP contribution in [-0.2, 0) is 4.43 Å². The van der Waals surface area contributed by atoms with E-state index in [1.807, 2.05) is 0 Å². The first-order chi connectivity index (χ1) is 4.12. The zero-order valence-electron chi connectivity index (χ0n) is 6.41. The van der Waals surface area contributed by atoms with E-state index in [1.54, 1.807) is 0 Å². The molecule has 0 fully saturated rings. The molecule has 0 unspecified atom stereocenters. The highest BCUT2D eigenvalue weighted by atomic mass is 79.9. The maximum atomic E-state index is 5.36. The average molecular weight is 211 g/mol. The van der Waals surface area contributed by atoms with Crippen molar-refractivity contribution < 1.29 is 4.43 Å². The third-order valence-corrected chi connectivity index (χ3v) is 3.13. The number of hydrogen-bond acceptors (Lipinski definition) is 1. The number of halogens is 1. The first-order valence-electron chi connectivity index (χ1n) is 3.23. The van der Waals surface area contributed by atoms with Crippen LogP contribution in [0, 0.1) is 0 Å². The molecule has 0 atom stereocenters. The topological polar surface area (TPSA) is 9.23 Å². The van der Waals surface area contributed by atoms with Crippen molar-refractivity contribution in [2.75, 3.05) is 5.33 Å². The van der Waals surface area contributed by atoms with Gasteiger partial charge in [-0.05, 0) is 26.7 Å². The lowest BCUT2D eigenvalue weighted by atomic mass is 10.0. The highest BCUT2D eigenvalue weighted by molar-refractivity contribution is 9.09. The maximum absolute atomic E-state index is 5.36. The van der Waals surface area contributed by atoms with Crippen molar-refractivity contribution in [3.63, 3.8) is 0 Å². The molecule has 0 saturated carbocycles. The lowest BCUT2D eigenvalue weighted by Gasteiger charge is -2.22. The molecular formula is C6H15BrOSi. The minimum Gasteiger partial charge on any atom is -0.423 e. The molecule has 56 valence electrons. The van der Waals surface area contributed by atoms with E-state index in [-0.39, 0.29) is 5.60 Å². The van der Waals surface area contributed by atoms with Gasteiger partial charge in [0.25, 0.3) is 0 Å². The fraction of sp³-hybridized carbons (Fsp3) is 1.00. The van der Waals surface area contributed by atoms with Gasteiger partial charge in [-0.2, -0.15) is 0 Å². The molecule has 0 radical (unpaired) electrons. The lowest BCUT2D eigenvalue weighted by molar-refractivity contribution is 0.112. The predicted molar refractivity (Wildman–Crippen MR) is 48.1 cm³/mol. The summed E-state index contributed by atoms with van der Waals surface area (Å²) in [6, 6.07) is 0. The van der Waals surface area contributed by atoms with Gasteiger partial charge in [-0.3, -0.25) is 0 Å². The minimum absolute atomic E-state index is 0.125.